The zero-order valence-electron chi connectivity index (χ0n) is 12.6. The molecular formula is C16H24N2O2. The van der Waals surface area contributed by atoms with Crippen LogP contribution in [0.15, 0.2) is 18.2 Å². The number of methoxy groups -OCH3 is 1. The summed E-state index contributed by atoms with van der Waals surface area (Å²) < 4.78 is 5.12. The first-order chi connectivity index (χ1) is 9.67. The van der Waals surface area contributed by atoms with Gasteiger partial charge >= 0.3 is 0 Å². The van der Waals surface area contributed by atoms with Crippen molar-refractivity contribution in [3.8, 4) is 0 Å². The summed E-state index contributed by atoms with van der Waals surface area (Å²) in [6.07, 6.45) is 2.22. The third-order valence-corrected chi connectivity index (χ3v) is 3.56. The summed E-state index contributed by atoms with van der Waals surface area (Å²) in [4.78, 5) is 14.7. The van der Waals surface area contributed by atoms with E-state index in [1.54, 1.807) is 7.11 Å². The van der Waals surface area contributed by atoms with Crippen molar-refractivity contribution in [1.82, 2.24) is 4.90 Å². The predicted octanol–water partition coefficient (Wildman–Crippen LogP) is 2.68. The Morgan fingerprint density at radius 2 is 2.20 bits per heavy atom. The van der Waals surface area contributed by atoms with Crippen molar-refractivity contribution >= 4 is 11.6 Å². The highest BCUT2D eigenvalue weighted by Gasteiger charge is 2.33. The van der Waals surface area contributed by atoms with Gasteiger partial charge < -0.3 is 15.0 Å². The fourth-order valence-corrected chi connectivity index (χ4v) is 2.36. The second kappa shape index (κ2) is 6.75. The van der Waals surface area contributed by atoms with Gasteiger partial charge in [0.05, 0.1) is 12.2 Å². The van der Waals surface area contributed by atoms with Gasteiger partial charge in [0.15, 0.2) is 0 Å². The van der Waals surface area contributed by atoms with Crippen LogP contribution in [0.4, 0.5) is 5.69 Å². The number of carbonyl (C=O) groups excluding carboxylic acids is 1. The van der Waals surface area contributed by atoms with Crippen LogP contribution >= 0.6 is 0 Å². The molecule has 1 amide bonds. The van der Waals surface area contributed by atoms with Crippen LogP contribution in [0.1, 0.15) is 35.7 Å². The number of aryl methyl sites for hydroxylation is 1. The van der Waals surface area contributed by atoms with Gasteiger partial charge in [0, 0.05) is 31.9 Å². The highest BCUT2D eigenvalue weighted by Crippen LogP contribution is 2.29. The molecule has 0 bridgehead atoms. The molecule has 4 nitrogen and oxygen atoms in total. The number of hydrogen-bond acceptors (Lipinski definition) is 3. The summed E-state index contributed by atoms with van der Waals surface area (Å²) >= 11 is 0. The minimum absolute atomic E-state index is 0.112. The molecule has 1 aromatic rings. The Balaban J connectivity index is 2.21. The normalized spacial score (nSPS) is 14.2. The van der Waals surface area contributed by atoms with Gasteiger partial charge in [-0.1, -0.05) is 6.07 Å². The standard InChI is InChI=1S/C16H24N2O2/c1-4-17-15-11-12(2)5-8-14(15)16(19)18(9-10-20-3)13-6-7-13/h5,8,11,13,17H,4,6-7,9-10H2,1-3H3. The largest absolute Gasteiger partial charge is 0.385 e. The lowest BCUT2D eigenvalue weighted by molar-refractivity contribution is 0.0681. The van der Waals surface area contributed by atoms with Crippen LogP contribution in [-0.2, 0) is 4.74 Å². The topological polar surface area (TPSA) is 41.6 Å². The smallest absolute Gasteiger partial charge is 0.256 e. The molecule has 0 atom stereocenters. The lowest BCUT2D eigenvalue weighted by Gasteiger charge is -2.23. The van der Waals surface area contributed by atoms with Gasteiger partial charge in [-0.2, -0.15) is 0 Å². The summed E-state index contributed by atoms with van der Waals surface area (Å²) in [5, 5.41) is 3.29. The number of ether oxygens (including phenoxy) is 1. The van der Waals surface area contributed by atoms with E-state index < -0.39 is 0 Å². The Bertz CT molecular complexity index is 470. The highest BCUT2D eigenvalue weighted by molar-refractivity contribution is 6.00. The molecule has 1 fully saturated rings. The number of carbonyl (C=O) groups is 1. The minimum atomic E-state index is 0.112. The van der Waals surface area contributed by atoms with Crippen molar-refractivity contribution in [2.75, 3.05) is 32.1 Å². The van der Waals surface area contributed by atoms with Crippen LogP contribution < -0.4 is 5.32 Å². The quantitative estimate of drug-likeness (QED) is 0.832. The molecule has 0 radical (unpaired) electrons. The molecule has 0 unspecified atom stereocenters. The van der Waals surface area contributed by atoms with Gasteiger partial charge in [0.2, 0.25) is 0 Å². The van der Waals surface area contributed by atoms with Gasteiger partial charge in [0.25, 0.3) is 5.91 Å². The fraction of sp³-hybridized carbons (Fsp3) is 0.562. The molecule has 1 aliphatic rings. The molecule has 0 aliphatic heterocycles. The van der Waals surface area contributed by atoms with Crippen LogP contribution in [0.2, 0.25) is 0 Å². The number of hydrogen-bond donors (Lipinski definition) is 1. The van der Waals surface area contributed by atoms with Crippen LogP contribution in [0.3, 0.4) is 0 Å². The SMILES string of the molecule is CCNc1cc(C)ccc1C(=O)N(CCOC)C1CC1. The maximum atomic E-state index is 12.8. The molecule has 2 rings (SSSR count). The first kappa shape index (κ1) is 14.9. The van der Waals surface area contributed by atoms with E-state index in [0.717, 1.165) is 36.2 Å². The third kappa shape index (κ3) is 3.51. The molecule has 1 aromatic carbocycles. The maximum absolute atomic E-state index is 12.8. The number of benzene rings is 1. The van der Waals surface area contributed by atoms with Crippen molar-refractivity contribution in [3.63, 3.8) is 0 Å². The van der Waals surface area contributed by atoms with Gasteiger partial charge in [-0.05, 0) is 44.4 Å². The van der Waals surface area contributed by atoms with E-state index in [1.165, 1.54) is 0 Å². The first-order valence-electron chi connectivity index (χ1n) is 7.31. The van der Waals surface area contributed by atoms with E-state index >= 15 is 0 Å². The molecule has 0 spiro atoms. The van der Waals surface area contributed by atoms with Crippen molar-refractivity contribution in [2.45, 2.75) is 32.7 Å². The Labute approximate surface area is 121 Å². The summed E-state index contributed by atoms with van der Waals surface area (Å²) in [6, 6.07) is 6.36. The van der Waals surface area contributed by atoms with Crippen molar-refractivity contribution < 1.29 is 9.53 Å². The van der Waals surface area contributed by atoms with Crippen molar-refractivity contribution in [1.29, 1.82) is 0 Å². The van der Waals surface area contributed by atoms with Gasteiger partial charge in [-0.25, -0.2) is 0 Å². The molecule has 20 heavy (non-hydrogen) atoms. The van der Waals surface area contributed by atoms with Crippen molar-refractivity contribution in [2.24, 2.45) is 0 Å². The van der Waals surface area contributed by atoms with Crippen LogP contribution in [0.25, 0.3) is 0 Å². The molecule has 1 saturated carbocycles. The minimum Gasteiger partial charge on any atom is -0.385 e. The summed E-state index contributed by atoms with van der Waals surface area (Å²) in [7, 11) is 1.67. The van der Waals surface area contributed by atoms with Gasteiger partial charge in [-0.3, -0.25) is 4.79 Å². The van der Waals surface area contributed by atoms with Crippen LogP contribution in [-0.4, -0.2) is 43.7 Å². The Morgan fingerprint density at radius 1 is 1.45 bits per heavy atom. The molecule has 0 saturated heterocycles. The molecule has 110 valence electrons. The molecule has 4 heteroatoms. The summed E-state index contributed by atoms with van der Waals surface area (Å²) in [5.74, 6) is 0.112. The van der Waals surface area contributed by atoms with Crippen molar-refractivity contribution in [3.05, 3.63) is 29.3 Å². The predicted molar refractivity (Wildman–Crippen MR) is 81.3 cm³/mol. The molecular weight excluding hydrogens is 252 g/mol. The molecule has 0 heterocycles. The highest BCUT2D eigenvalue weighted by atomic mass is 16.5. The maximum Gasteiger partial charge on any atom is 0.256 e. The number of anilines is 1. The average molecular weight is 276 g/mol. The third-order valence-electron chi connectivity index (χ3n) is 3.56. The van der Waals surface area contributed by atoms with Gasteiger partial charge in [-0.15, -0.1) is 0 Å². The second-order valence-corrected chi connectivity index (χ2v) is 5.30. The van der Waals surface area contributed by atoms with Crippen LogP contribution in [0.5, 0.6) is 0 Å². The van der Waals surface area contributed by atoms with Crippen LogP contribution in [0, 0.1) is 6.92 Å². The second-order valence-electron chi connectivity index (χ2n) is 5.30. The lowest BCUT2D eigenvalue weighted by atomic mass is 10.1. The van der Waals surface area contributed by atoms with E-state index in [1.807, 2.05) is 36.9 Å². The zero-order valence-corrected chi connectivity index (χ0v) is 12.6. The average Bonchev–Trinajstić information content (AvgIpc) is 3.24. The molecule has 0 aromatic heterocycles. The molecule has 1 aliphatic carbocycles. The van der Waals surface area contributed by atoms with E-state index in [9.17, 15) is 4.79 Å². The van der Waals surface area contributed by atoms with E-state index in [2.05, 4.69) is 5.32 Å². The van der Waals surface area contributed by atoms with Gasteiger partial charge in [0.1, 0.15) is 0 Å². The monoisotopic (exact) mass is 276 g/mol. The number of nitrogens with zero attached hydrogens (tertiary/aromatic N) is 1. The Morgan fingerprint density at radius 3 is 2.80 bits per heavy atom. The van der Waals surface area contributed by atoms with E-state index in [-0.39, 0.29) is 5.91 Å². The molecule has 1 N–H and O–H groups in total. The number of nitrogens with one attached hydrogen (secondary N) is 1. The summed E-state index contributed by atoms with van der Waals surface area (Å²) in [6.45, 7) is 6.15. The number of rotatable bonds is 7. The van der Waals surface area contributed by atoms with E-state index in [0.29, 0.717) is 19.2 Å². The Hall–Kier alpha value is -1.55. The fourth-order valence-electron chi connectivity index (χ4n) is 2.36. The zero-order chi connectivity index (χ0) is 14.5. The lowest BCUT2D eigenvalue weighted by Crippen LogP contribution is -2.36. The van der Waals surface area contributed by atoms with E-state index in [4.69, 9.17) is 4.74 Å². The first-order valence-corrected chi connectivity index (χ1v) is 7.31. The summed E-state index contributed by atoms with van der Waals surface area (Å²) in [5.41, 5.74) is 2.85. The Kier molecular flexibility index (Phi) is 5.01. The number of amides is 1.